The van der Waals surface area contributed by atoms with Gasteiger partial charge in [0.25, 0.3) is 0 Å². The molecule has 2 aromatic carbocycles. The quantitative estimate of drug-likeness (QED) is 0.754. The fourth-order valence-electron chi connectivity index (χ4n) is 2.36. The average molecular weight is 264 g/mol. The Balaban J connectivity index is 2.24. The summed E-state index contributed by atoms with van der Waals surface area (Å²) in [7, 11) is 0. The topological polar surface area (TPSA) is 52.0 Å². The normalized spacial score (nSPS) is 10.7. The van der Waals surface area contributed by atoms with Crippen molar-refractivity contribution in [2.75, 3.05) is 5.73 Å². The van der Waals surface area contributed by atoms with Crippen LogP contribution in [-0.2, 0) is 0 Å². The molecule has 3 rings (SSSR count). The molecule has 0 bridgehead atoms. The second-order valence-corrected chi connectivity index (χ2v) is 4.95. The molecule has 2 N–H and O–H groups in total. The van der Waals surface area contributed by atoms with Gasteiger partial charge in [-0.05, 0) is 25.0 Å². The Morgan fingerprint density at radius 3 is 2.50 bits per heavy atom. The predicted octanol–water partition coefficient (Wildman–Crippen LogP) is 4.21. The van der Waals surface area contributed by atoms with Crippen molar-refractivity contribution < 1.29 is 4.52 Å². The van der Waals surface area contributed by atoms with E-state index in [0.29, 0.717) is 5.88 Å². The maximum absolute atomic E-state index is 6.00. The van der Waals surface area contributed by atoms with Crippen molar-refractivity contribution >= 4 is 5.88 Å². The summed E-state index contributed by atoms with van der Waals surface area (Å²) in [6, 6.07) is 16.2. The van der Waals surface area contributed by atoms with Crippen molar-refractivity contribution in [2.24, 2.45) is 0 Å². The maximum Gasteiger partial charge on any atom is 0.230 e. The van der Waals surface area contributed by atoms with Crippen LogP contribution in [0.5, 0.6) is 0 Å². The number of aromatic nitrogens is 1. The summed E-state index contributed by atoms with van der Waals surface area (Å²) in [5.41, 5.74) is 12.1. The van der Waals surface area contributed by atoms with Crippen molar-refractivity contribution in [3.63, 3.8) is 0 Å². The van der Waals surface area contributed by atoms with Gasteiger partial charge in [0.15, 0.2) is 0 Å². The van der Waals surface area contributed by atoms with Gasteiger partial charge in [0.2, 0.25) is 5.88 Å². The number of nitrogen functional groups attached to an aromatic ring is 1. The van der Waals surface area contributed by atoms with Gasteiger partial charge in [-0.2, -0.15) is 0 Å². The van der Waals surface area contributed by atoms with E-state index in [-0.39, 0.29) is 0 Å². The van der Waals surface area contributed by atoms with Gasteiger partial charge in [-0.3, -0.25) is 0 Å². The highest BCUT2D eigenvalue weighted by Crippen LogP contribution is 2.37. The maximum atomic E-state index is 6.00. The van der Waals surface area contributed by atoms with Crippen LogP contribution in [0.15, 0.2) is 53.1 Å². The third kappa shape index (κ3) is 2.07. The third-order valence-electron chi connectivity index (χ3n) is 3.43. The van der Waals surface area contributed by atoms with Crippen LogP contribution < -0.4 is 5.73 Å². The molecule has 0 spiro atoms. The van der Waals surface area contributed by atoms with Crippen LogP contribution in [-0.4, -0.2) is 5.16 Å². The van der Waals surface area contributed by atoms with E-state index < -0.39 is 0 Å². The van der Waals surface area contributed by atoms with Gasteiger partial charge in [0, 0.05) is 5.56 Å². The summed E-state index contributed by atoms with van der Waals surface area (Å²) in [5.74, 6) is 0.359. The van der Waals surface area contributed by atoms with Gasteiger partial charge < -0.3 is 10.3 Å². The van der Waals surface area contributed by atoms with E-state index in [4.69, 9.17) is 10.3 Å². The van der Waals surface area contributed by atoms with E-state index in [1.54, 1.807) is 0 Å². The lowest BCUT2D eigenvalue weighted by Gasteiger charge is -2.07. The highest BCUT2D eigenvalue weighted by Gasteiger charge is 2.18. The van der Waals surface area contributed by atoms with Crippen LogP contribution >= 0.6 is 0 Å². The van der Waals surface area contributed by atoms with Crippen LogP contribution in [0.25, 0.3) is 22.4 Å². The van der Waals surface area contributed by atoms with Crippen molar-refractivity contribution in [3.05, 3.63) is 59.7 Å². The number of anilines is 1. The molecule has 0 radical (unpaired) electrons. The Hall–Kier alpha value is -2.55. The first kappa shape index (κ1) is 12.5. The summed E-state index contributed by atoms with van der Waals surface area (Å²) in [4.78, 5) is 0. The molecule has 0 unspecified atom stereocenters. The molecule has 0 atom stereocenters. The Labute approximate surface area is 118 Å². The lowest BCUT2D eigenvalue weighted by atomic mass is 9.96. The molecule has 0 aliphatic heterocycles. The Kier molecular flexibility index (Phi) is 3.03. The molecule has 0 aliphatic rings. The molecular weight excluding hydrogens is 248 g/mol. The van der Waals surface area contributed by atoms with Gasteiger partial charge >= 0.3 is 0 Å². The van der Waals surface area contributed by atoms with E-state index >= 15 is 0 Å². The fourth-order valence-corrected chi connectivity index (χ4v) is 2.36. The molecule has 3 nitrogen and oxygen atoms in total. The highest BCUT2D eigenvalue weighted by atomic mass is 16.5. The molecule has 0 saturated carbocycles. The third-order valence-corrected chi connectivity index (χ3v) is 3.43. The summed E-state index contributed by atoms with van der Waals surface area (Å²) in [5, 5.41) is 4.13. The summed E-state index contributed by atoms with van der Waals surface area (Å²) >= 11 is 0. The second-order valence-electron chi connectivity index (χ2n) is 4.95. The summed E-state index contributed by atoms with van der Waals surface area (Å²) < 4.78 is 5.23. The van der Waals surface area contributed by atoms with Crippen molar-refractivity contribution in [3.8, 4) is 22.4 Å². The molecule has 20 heavy (non-hydrogen) atoms. The first-order valence-corrected chi connectivity index (χ1v) is 6.55. The number of rotatable bonds is 2. The minimum Gasteiger partial charge on any atom is -0.367 e. The van der Waals surface area contributed by atoms with Gasteiger partial charge in [0.05, 0.1) is 5.56 Å². The zero-order valence-corrected chi connectivity index (χ0v) is 11.6. The zero-order chi connectivity index (χ0) is 14.1. The number of benzene rings is 2. The predicted molar refractivity (Wildman–Crippen MR) is 81.3 cm³/mol. The smallest absolute Gasteiger partial charge is 0.230 e. The standard InChI is InChI=1S/C17H16N2O/c1-11-8-9-12(2)14(10-11)15-16(19-20-17(15)18)13-6-4-3-5-7-13/h3-10H,18H2,1-2H3. The van der Waals surface area contributed by atoms with Crippen LogP contribution in [0.1, 0.15) is 11.1 Å². The number of aryl methyl sites for hydroxylation is 2. The van der Waals surface area contributed by atoms with Gasteiger partial charge in [-0.15, -0.1) is 0 Å². The van der Waals surface area contributed by atoms with Crippen LogP contribution in [0.3, 0.4) is 0 Å². The molecule has 0 aliphatic carbocycles. The van der Waals surface area contributed by atoms with Gasteiger partial charge in [-0.1, -0.05) is 59.3 Å². The summed E-state index contributed by atoms with van der Waals surface area (Å²) in [6.45, 7) is 4.13. The van der Waals surface area contributed by atoms with Crippen molar-refractivity contribution in [1.82, 2.24) is 5.16 Å². The minimum absolute atomic E-state index is 0.359. The van der Waals surface area contributed by atoms with Gasteiger partial charge in [0.1, 0.15) is 5.69 Å². The van der Waals surface area contributed by atoms with Crippen LogP contribution in [0.4, 0.5) is 5.88 Å². The molecule has 1 heterocycles. The molecule has 0 saturated heterocycles. The van der Waals surface area contributed by atoms with E-state index in [2.05, 4.69) is 37.2 Å². The van der Waals surface area contributed by atoms with Crippen LogP contribution in [0.2, 0.25) is 0 Å². The number of hydrogen-bond donors (Lipinski definition) is 1. The van der Waals surface area contributed by atoms with E-state index in [1.807, 2.05) is 30.3 Å². The number of nitrogens with zero attached hydrogens (tertiary/aromatic N) is 1. The lowest BCUT2D eigenvalue weighted by Crippen LogP contribution is -1.91. The molecular formula is C17H16N2O. The molecule has 0 amide bonds. The minimum atomic E-state index is 0.359. The number of hydrogen-bond acceptors (Lipinski definition) is 3. The van der Waals surface area contributed by atoms with E-state index in [1.165, 1.54) is 5.56 Å². The largest absolute Gasteiger partial charge is 0.367 e. The zero-order valence-electron chi connectivity index (χ0n) is 11.6. The highest BCUT2D eigenvalue weighted by molar-refractivity contribution is 5.88. The molecule has 0 fully saturated rings. The molecule has 1 aromatic heterocycles. The Morgan fingerprint density at radius 1 is 1.00 bits per heavy atom. The first-order chi connectivity index (χ1) is 9.66. The fraction of sp³-hybridized carbons (Fsp3) is 0.118. The molecule has 3 heteroatoms. The van der Waals surface area contributed by atoms with E-state index in [9.17, 15) is 0 Å². The Morgan fingerprint density at radius 2 is 1.75 bits per heavy atom. The first-order valence-electron chi connectivity index (χ1n) is 6.55. The monoisotopic (exact) mass is 264 g/mol. The molecule has 3 aromatic rings. The Bertz CT molecular complexity index is 745. The summed E-state index contributed by atoms with van der Waals surface area (Å²) in [6.07, 6.45) is 0. The van der Waals surface area contributed by atoms with Crippen LogP contribution in [0, 0.1) is 13.8 Å². The number of nitrogens with two attached hydrogens (primary N) is 1. The average Bonchev–Trinajstić information content (AvgIpc) is 2.84. The second kappa shape index (κ2) is 4.85. The lowest BCUT2D eigenvalue weighted by molar-refractivity contribution is 0.439. The van der Waals surface area contributed by atoms with E-state index in [0.717, 1.165) is 27.9 Å². The van der Waals surface area contributed by atoms with Gasteiger partial charge in [-0.25, -0.2) is 0 Å². The van der Waals surface area contributed by atoms with Crippen molar-refractivity contribution in [1.29, 1.82) is 0 Å². The van der Waals surface area contributed by atoms with Crippen molar-refractivity contribution in [2.45, 2.75) is 13.8 Å². The SMILES string of the molecule is Cc1ccc(C)c(-c2c(-c3ccccc3)noc2N)c1. The molecule has 100 valence electrons.